The molecule has 2 aliphatic rings. The van der Waals surface area contributed by atoms with Crippen LogP contribution in [0.4, 0.5) is 0 Å². The Bertz CT molecular complexity index is 712. The number of ether oxygens (including phenoxy) is 2. The van der Waals surface area contributed by atoms with Crippen LogP contribution in [0.1, 0.15) is 45.6 Å². The summed E-state index contributed by atoms with van der Waals surface area (Å²) in [5, 5.41) is 0. The summed E-state index contributed by atoms with van der Waals surface area (Å²) in [6.07, 6.45) is 2.95. The summed E-state index contributed by atoms with van der Waals surface area (Å²) in [6, 6.07) is 8.27. The highest BCUT2D eigenvalue weighted by Crippen LogP contribution is 2.40. The fourth-order valence-electron chi connectivity index (χ4n) is 5.25. The number of hydrogen-bond donors (Lipinski definition) is 0. The van der Waals surface area contributed by atoms with Crippen molar-refractivity contribution in [1.29, 1.82) is 0 Å². The molecule has 2 saturated heterocycles. The largest absolute Gasteiger partial charge is 0.497 e. The first-order valence-corrected chi connectivity index (χ1v) is 11.2. The molecular weight excluding hydrogens is 380 g/mol. The van der Waals surface area contributed by atoms with Crippen molar-refractivity contribution >= 4 is 11.9 Å². The van der Waals surface area contributed by atoms with E-state index in [4.69, 9.17) is 9.47 Å². The smallest absolute Gasteiger partial charge is 0.310 e. The number of piperidine rings is 2. The Morgan fingerprint density at radius 1 is 1.07 bits per heavy atom. The Hall–Kier alpha value is -2.08. The number of carbonyl (C=O) groups excluding carboxylic acids is 2. The zero-order valence-corrected chi connectivity index (χ0v) is 18.8. The first-order chi connectivity index (χ1) is 14.4. The number of benzene rings is 1. The molecule has 0 saturated carbocycles. The lowest BCUT2D eigenvalue weighted by atomic mass is 9.70. The van der Waals surface area contributed by atoms with Crippen LogP contribution in [-0.2, 0) is 20.9 Å². The fourth-order valence-corrected chi connectivity index (χ4v) is 5.25. The molecule has 1 amide bonds. The molecular formula is C24H36N2O4. The maximum atomic E-state index is 13.0. The van der Waals surface area contributed by atoms with Crippen molar-refractivity contribution in [1.82, 2.24) is 9.80 Å². The van der Waals surface area contributed by atoms with Gasteiger partial charge in [0.2, 0.25) is 5.91 Å². The highest BCUT2D eigenvalue weighted by Gasteiger charge is 2.44. The van der Waals surface area contributed by atoms with Crippen molar-refractivity contribution in [3.8, 4) is 5.75 Å². The monoisotopic (exact) mass is 416 g/mol. The van der Waals surface area contributed by atoms with Gasteiger partial charge < -0.3 is 14.4 Å². The molecule has 3 rings (SSSR count). The lowest BCUT2D eigenvalue weighted by Crippen LogP contribution is -2.53. The van der Waals surface area contributed by atoms with Crippen LogP contribution in [0.3, 0.4) is 0 Å². The van der Waals surface area contributed by atoms with Crippen LogP contribution in [0.5, 0.6) is 5.75 Å². The normalized spacial score (nSPS) is 25.7. The molecule has 30 heavy (non-hydrogen) atoms. The molecule has 1 aromatic carbocycles. The molecule has 3 unspecified atom stereocenters. The third kappa shape index (κ3) is 5.15. The van der Waals surface area contributed by atoms with Crippen LogP contribution in [0, 0.1) is 17.8 Å². The molecule has 0 aliphatic carbocycles. The molecule has 0 bridgehead atoms. The Morgan fingerprint density at radius 3 is 2.30 bits per heavy atom. The number of likely N-dealkylation sites (tertiary alicyclic amines) is 2. The van der Waals surface area contributed by atoms with Crippen molar-refractivity contribution in [3.05, 3.63) is 29.8 Å². The zero-order valence-electron chi connectivity index (χ0n) is 18.8. The topological polar surface area (TPSA) is 59.1 Å². The molecule has 0 aromatic heterocycles. The summed E-state index contributed by atoms with van der Waals surface area (Å²) < 4.78 is 10.8. The summed E-state index contributed by atoms with van der Waals surface area (Å²) in [6.45, 7) is 9.49. The lowest BCUT2D eigenvalue weighted by Gasteiger charge is -2.47. The van der Waals surface area contributed by atoms with E-state index < -0.39 is 0 Å². The van der Waals surface area contributed by atoms with Gasteiger partial charge in [-0.25, -0.2) is 0 Å². The number of carbonyl (C=O) groups is 2. The first-order valence-electron chi connectivity index (χ1n) is 11.2. The SMILES string of the molecule is CCOC(=O)C1C(C2CCN(C(C)=O)CC2)CCN(Cc2ccc(OC)cc2)C1C. The van der Waals surface area contributed by atoms with Crippen LogP contribution < -0.4 is 4.74 Å². The van der Waals surface area contributed by atoms with Gasteiger partial charge in [0, 0.05) is 32.6 Å². The number of rotatable bonds is 6. The molecule has 2 aliphatic heterocycles. The van der Waals surface area contributed by atoms with Crippen LogP contribution in [0.2, 0.25) is 0 Å². The van der Waals surface area contributed by atoms with E-state index in [0.717, 1.165) is 51.2 Å². The maximum absolute atomic E-state index is 13.0. The van der Waals surface area contributed by atoms with Crippen molar-refractivity contribution in [2.75, 3.05) is 33.4 Å². The molecule has 2 heterocycles. The van der Waals surface area contributed by atoms with E-state index in [1.807, 2.05) is 24.0 Å². The summed E-state index contributed by atoms with van der Waals surface area (Å²) in [4.78, 5) is 29.0. The highest BCUT2D eigenvalue weighted by atomic mass is 16.5. The number of methoxy groups -OCH3 is 1. The highest BCUT2D eigenvalue weighted by molar-refractivity contribution is 5.74. The second kappa shape index (κ2) is 10.3. The first kappa shape index (κ1) is 22.6. The Kier molecular flexibility index (Phi) is 7.75. The van der Waals surface area contributed by atoms with Gasteiger partial charge in [0.25, 0.3) is 0 Å². The van der Waals surface area contributed by atoms with E-state index >= 15 is 0 Å². The van der Waals surface area contributed by atoms with Crippen molar-refractivity contribution in [3.63, 3.8) is 0 Å². The second-order valence-electron chi connectivity index (χ2n) is 8.63. The fraction of sp³-hybridized carbons (Fsp3) is 0.667. The van der Waals surface area contributed by atoms with Gasteiger partial charge >= 0.3 is 5.97 Å². The molecule has 0 N–H and O–H groups in total. The summed E-state index contributed by atoms with van der Waals surface area (Å²) in [7, 11) is 1.67. The van der Waals surface area contributed by atoms with Crippen molar-refractivity contribution in [2.24, 2.45) is 17.8 Å². The van der Waals surface area contributed by atoms with Crippen LogP contribution in [-0.4, -0.2) is 61.1 Å². The molecule has 6 nitrogen and oxygen atoms in total. The Balaban J connectivity index is 1.71. The second-order valence-corrected chi connectivity index (χ2v) is 8.63. The minimum atomic E-state index is -0.120. The predicted octanol–water partition coefficient (Wildman–Crippen LogP) is 3.34. The van der Waals surface area contributed by atoms with Gasteiger partial charge in [0.15, 0.2) is 0 Å². The van der Waals surface area contributed by atoms with E-state index in [0.29, 0.717) is 18.4 Å². The van der Waals surface area contributed by atoms with E-state index in [9.17, 15) is 9.59 Å². The molecule has 6 heteroatoms. The predicted molar refractivity (Wildman–Crippen MR) is 116 cm³/mol. The zero-order chi connectivity index (χ0) is 21.7. The van der Waals surface area contributed by atoms with Crippen molar-refractivity contribution in [2.45, 2.75) is 52.6 Å². The molecule has 0 spiro atoms. The minimum Gasteiger partial charge on any atom is -0.497 e. The van der Waals surface area contributed by atoms with Gasteiger partial charge in [0.1, 0.15) is 5.75 Å². The third-order valence-electron chi connectivity index (χ3n) is 7.00. The average Bonchev–Trinajstić information content (AvgIpc) is 2.75. The van der Waals surface area contributed by atoms with Gasteiger partial charge in [-0.1, -0.05) is 12.1 Å². The Morgan fingerprint density at radius 2 is 1.73 bits per heavy atom. The number of amides is 1. The standard InChI is InChI=1S/C24H36N2O4/c1-5-30-24(28)23-17(2)26(16-19-6-8-21(29-4)9-7-19)15-12-22(23)20-10-13-25(14-11-20)18(3)27/h6-9,17,20,22-23H,5,10-16H2,1-4H3. The third-order valence-corrected chi connectivity index (χ3v) is 7.00. The quantitative estimate of drug-likeness (QED) is 0.666. The molecule has 2 fully saturated rings. The number of esters is 1. The van der Waals surface area contributed by atoms with Crippen LogP contribution >= 0.6 is 0 Å². The molecule has 166 valence electrons. The Labute approximate surface area is 180 Å². The van der Waals surface area contributed by atoms with E-state index in [2.05, 4.69) is 24.0 Å². The van der Waals surface area contributed by atoms with Crippen molar-refractivity contribution < 1.29 is 19.1 Å². The summed E-state index contributed by atoms with van der Waals surface area (Å²) in [5.74, 6) is 1.61. The van der Waals surface area contributed by atoms with Gasteiger partial charge in [-0.2, -0.15) is 0 Å². The number of nitrogens with zero attached hydrogens (tertiary/aromatic N) is 2. The average molecular weight is 417 g/mol. The van der Waals surface area contributed by atoms with Gasteiger partial charge in [-0.05, 0) is 69.2 Å². The van der Waals surface area contributed by atoms with Gasteiger partial charge in [-0.3, -0.25) is 14.5 Å². The molecule has 3 atom stereocenters. The van der Waals surface area contributed by atoms with Gasteiger partial charge in [-0.15, -0.1) is 0 Å². The summed E-state index contributed by atoms with van der Waals surface area (Å²) >= 11 is 0. The maximum Gasteiger partial charge on any atom is 0.310 e. The minimum absolute atomic E-state index is 0.0663. The lowest BCUT2D eigenvalue weighted by molar-refractivity contribution is -0.158. The van der Waals surface area contributed by atoms with E-state index in [1.165, 1.54) is 5.56 Å². The van der Waals surface area contributed by atoms with E-state index in [1.54, 1.807) is 14.0 Å². The molecule has 1 aromatic rings. The van der Waals surface area contributed by atoms with Crippen LogP contribution in [0.15, 0.2) is 24.3 Å². The summed E-state index contributed by atoms with van der Waals surface area (Å²) in [5.41, 5.74) is 1.22. The van der Waals surface area contributed by atoms with Crippen LogP contribution in [0.25, 0.3) is 0 Å². The molecule has 0 radical (unpaired) electrons. The van der Waals surface area contributed by atoms with Gasteiger partial charge in [0.05, 0.1) is 19.6 Å². The number of hydrogen-bond acceptors (Lipinski definition) is 5. The van der Waals surface area contributed by atoms with E-state index in [-0.39, 0.29) is 23.8 Å².